The summed E-state index contributed by atoms with van der Waals surface area (Å²) in [6, 6.07) is 0. The van der Waals surface area contributed by atoms with Gasteiger partial charge < -0.3 is 5.11 Å². The Morgan fingerprint density at radius 1 is 1.28 bits per heavy atom. The van der Waals surface area contributed by atoms with Crippen LogP contribution in [0.5, 0.6) is 0 Å². The Hall–Kier alpha value is -0.820. The molecule has 0 amide bonds. The van der Waals surface area contributed by atoms with Gasteiger partial charge in [-0.15, -0.1) is 0 Å². The van der Waals surface area contributed by atoms with E-state index in [4.69, 9.17) is 5.11 Å². The molecule has 1 unspecified atom stereocenters. The summed E-state index contributed by atoms with van der Waals surface area (Å²) in [5.74, 6) is 0.690. The van der Waals surface area contributed by atoms with Crippen molar-refractivity contribution in [2.24, 2.45) is 5.92 Å². The molecule has 0 heterocycles. The van der Waals surface area contributed by atoms with Crippen LogP contribution in [-0.4, -0.2) is 11.7 Å². The molecular formula is C17H28O. The Balaban J connectivity index is 2.38. The highest BCUT2D eigenvalue weighted by Crippen LogP contribution is 2.33. The topological polar surface area (TPSA) is 20.2 Å². The zero-order chi connectivity index (χ0) is 13.4. The van der Waals surface area contributed by atoms with Gasteiger partial charge in [0.15, 0.2) is 0 Å². The van der Waals surface area contributed by atoms with Crippen LogP contribution < -0.4 is 0 Å². The molecule has 1 aliphatic rings. The van der Waals surface area contributed by atoms with E-state index in [0.29, 0.717) is 5.92 Å². The minimum absolute atomic E-state index is 0.203. The molecule has 18 heavy (non-hydrogen) atoms. The third-order valence-electron chi connectivity index (χ3n) is 3.74. The molecule has 1 N–H and O–H groups in total. The Morgan fingerprint density at radius 2 is 2.06 bits per heavy atom. The molecule has 0 saturated heterocycles. The first-order chi connectivity index (χ1) is 8.63. The number of allylic oxidation sites excluding steroid dienone is 5. The van der Waals surface area contributed by atoms with E-state index in [1.807, 2.05) is 6.08 Å². The molecule has 1 nitrogen and oxygen atoms in total. The molecule has 0 aromatic heterocycles. The van der Waals surface area contributed by atoms with Crippen LogP contribution in [0, 0.1) is 5.92 Å². The number of rotatable bonds is 6. The smallest absolute Gasteiger partial charge is 0.0615 e. The molecule has 0 bridgehead atoms. The predicted molar refractivity (Wildman–Crippen MR) is 79.5 cm³/mol. The van der Waals surface area contributed by atoms with Crippen LogP contribution in [0.1, 0.15) is 59.3 Å². The summed E-state index contributed by atoms with van der Waals surface area (Å²) >= 11 is 0. The van der Waals surface area contributed by atoms with Gasteiger partial charge >= 0.3 is 0 Å². The second kappa shape index (κ2) is 8.31. The van der Waals surface area contributed by atoms with Gasteiger partial charge in [-0.05, 0) is 65.2 Å². The van der Waals surface area contributed by atoms with E-state index in [-0.39, 0.29) is 6.61 Å². The van der Waals surface area contributed by atoms with Gasteiger partial charge in [0.2, 0.25) is 0 Å². The lowest BCUT2D eigenvalue weighted by Gasteiger charge is -2.10. The zero-order valence-electron chi connectivity index (χ0n) is 12.2. The van der Waals surface area contributed by atoms with E-state index in [2.05, 4.69) is 32.9 Å². The minimum atomic E-state index is 0.203. The summed E-state index contributed by atoms with van der Waals surface area (Å²) in [4.78, 5) is 0. The fourth-order valence-electron chi connectivity index (χ4n) is 2.63. The quantitative estimate of drug-likeness (QED) is 0.670. The first-order valence-corrected chi connectivity index (χ1v) is 7.22. The standard InChI is InChI=1S/C17H28O/c1-14(2)6-4-7-15(3)10-11-16-8-5-9-17(16)12-13-18/h6,10,12,16,18H,4-5,7-9,11,13H2,1-3H3/b15-10+,17-12+. The maximum Gasteiger partial charge on any atom is 0.0615 e. The first kappa shape index (κ1) is 15.2. The molecule has 1 rings (SSSR count). The molecule has 102 valence electrons. The molecule has 0 aliphatic heterocycles. The molecular weight excluding hydrogens is 220 g/mol. The highest BCUT2D eigenvalue weighted by Gasteiger charge is 2.19. The number of hydrogen-bond donors (Lipinski definition) is 1. The van der Waals surface area contributed by atoms with E-state index in [1.165, 1.54) is 42.4 Å². The molecule has 1 heteroatoms. The highest BCUT2D eigenvalue weighted by atomic mass is 16.2. The van der Waals surface area contributed by atoms with Crippen molar-refractivity contribution in [2.45, 2.75) is 59.3 Å². The van der Waals surface area contributed by atoms with Crippen LogP contribution in [0.25, 0.3) is 0 Å². The van der Waals surface area contributed by atoms with Gasteiger partial charge in [0.1, 0.15) is 0 Å². The Bertz CT molecular complexity index is 330. The zero-order valence-corrected chi connectivity index (χ0v) is 12.2. The summed E-state index contributed by atoms with van der Waals surface area (Å²) in [6.45, 7) is 6.76. The van der Waals surface area contributed by atoms with Gasteiger partial charge in [0.05, 0.1) is 6.61 Å². The van der Waals surface area contributed by atoms with Crippen LogP contribution >= 0.6 is 0 Å². The van der Waals surface area contributed by atoms with Gasteiger partial charge in [0.25, 0.3) is 0 Å². The van der Waals surface area contributed by atoms with Gasteiger partial charge in [0, 0.05) is 0 Å². The van der Waals surface area contributed by atoms with Crippen molar-refractivity contribution in [3.8, 4) is 0 Å². The third-order valence-corrected chi connectivity index (χ3v) is 3.74. The Labute approximate surface area is 112 Å². The van der Waals surface area contributed by atoms with Crippen LogP contribution in [-0.2, 0) is 0 Å². The normalized spacial score (nSPS) is 22.6. The third kappa shape index (κ3) is 5.68. The number of hydrogen-bond acceptors (Lipinski definition) is 1. The minimum Gasteiger partial charge on any atom is -0.392 e. The average molecular weight is 248 g/mol. The van der Waals surface area contributed by atoms with E-state index >= 15 is 0 Å². The maximum atomic E-state index is 8.99. The first-order valence-electron chi connectivity index (χ1n) is 7.22. The summed E-state index contributed by atoms with van der Waals surface area (Å²) in [5, 5.41) is 8.99. The predicted octanol–water partition coefficient (Wildman–Crippen LogP) is 4.79. The molecule has 0 aromatic carbocycles. The second-order valence-corrected chi connectivity index (χ2v) is 5.66. The largest absolute Gasteiger partial charge is 0.392 e. The SMILES string of the molecule is CC(C)=CCC/C(C)=C/CC1CCC/C1=C\CO. The van der Waals surface area contributed by atoms with E-state index in [9.17, 15) is 0 Å². The van der Waals surface area contributed by atoms with Crippen molar-refractivity contribution >= 4 is 0 Å². The van der Waals surface area contributed by atoms with Gasteiger partial charge in [-0.25, -0.2) is 0 Å². The molecule has 0 spiro atoms. The van der Waals surface area contributed by atoms with Gasteiger partial charge in [-0.2, -0.15) is 0 Å². The van der Waals surface area contributed by atoms with Crippen LogP contribution in [0.15, 0.2) is 34.9 Å². The average Bonchev–Trinajstić information content (AvgIpc) is 2.74. The van der Waals surface area contributed by atoms with Crippen LogP contribution in [0.3, 0.4) is 0 Å². The molecule has 1 aliphatic carbocycles. The van der Waals surface area contributed by atoms with Crippen molar-refractivity contribution < 1.29 is 5.11 Å². The van der Waals surface area contributed by atoms with Crippen molar-refractivity contribution in [1.29, 1.82) is 0 Å². The van der Waals surface area contributed by atoms with Crippen LogP contribution in [0.2, 0.25) is 0 Å². The lowest BCUT2D eigenvalue weighted by Crippen LogP contribution is -1.96. The summed E-state index contributed by atoms with van der Waals surface area (Å²) in [6.07, 6.45) is 14.0. The Morgan fingerprint density at radius 3 is 2.72 bits per heavy atom. The van der Waals surface area contributed by atoms with Crippen LogP contribution in [0.4, 0.5) is 0 Å². The highest BCUT2D eigenvalue weighted by molar-refractivity contribution is 5.14. The second-order valence-electron chi connectivity index (χ2n) is 5.66. The van der Waals surface area contributed by atoms with E-state index in [1.54, 1.807) is 0 Å². The molecule has 0 radical (unpaired) electrons. The lowest BCUT2D eigenvalue weighted by atomic mass is 9.96. The number of aliphatic hydroxyl groups excluding tert-OH is 1. The maximum absolute atomic E-state index is 8.99. The van der Waals surface area contributed by atoms with Crippen molar-refractivity contribution in [1.82, 2.24) is 0 Å². The molecule has 0 aromatic rings. The Kier molecular flexibility index (Phi) is 7.04. The fraction of sp³-hybridized carbons (Fsp3) is 0.647. The van der Waals surface area contributed by atoms with Gasteiger partial charge in [-0.1, -0.05) is 34.9 Å². The molecule has 1 saturated carbocycles. The summed E-state index contributed by atoms with van der Waals surface area (Å²) in [5.41, 5.74) is 4.39. The summed E-state index contributed by atoms with van der Waals surface area (Å²) < 4.78 is 0. The fourth-order valence-corrected chi connectivity index (χ4v) is 2.63. The lowest BCUT2D eigenvalue weighted by molar-refractivity contribution is 0.340. The van der Waals surface area contributed by atoms with Crippen molar-refractivity contribution in [3.63, 3.8) is 0 Å². The molecule has 1 fully saturated rings. The van der Waals surface area contributed by atoms with E-state index < -0.39 is 0 Å². The number of aliphatic hydroxyl groups is 1. The van der Waals surface area contributed by atoms with Crippen molar-refractivity contribution in [3.05, 3.63) is 34.9 Å². The summed E-state index contributed by atoms with van der Waals surface area (Å²) in [7, 11) is 0. The monoisotopic (exact) mass is 248 g/mol. The molecule has 1 atom stereocenters. The van der Waals surface area contributed by atoms with Crippen molar-refractivity contribution in [2.75, 3.05) is 6.61 Å². The van der Waals surface area contributed by atoms with Gasteiger partial charge in [-0.3, -0.25) is 0 Å². The van der Waals surface area contributed by atoms with E-state index in [0.717, 1.165) is 12.8 Å².